The van der Waals surface area contributed by atoms with E-state index in [1.807, 2.05) is 18.2 Å². The molecule has 0 fully saturated rings. The molecular formula is C23H32N4O2. The van der Waals surface area contributed by atoms with E-state index in [0.29, 0.717) is 13.2 Å². The summed E-state index contributed by atoms with van der Waals surface area (Å²) < 4.78 is 11.2. The minimum atomic E-state index is -0.226. The number of fused-ring (bicyclic) bond motifs is 1. The normalized spacial score (nSPS) is 17.8. The summed E-state index contributed by atoms with van der Waals surface area (Å²) in [5.41, 5.74) is 3.23. The molecule has 1 atom stereocenters. The number of aliphatic imine (C=N–C) groups is 1. The number of ether oxygens (including phenoxy) is 2. The number of para-hydroxylation sites is 1. The van der Waals surface area contributed by atoms with Gasteiger partial charge < -0.3 is 25.4 Å². The van der Waals surface area contributed by atoms with Crippen molar-refractivity contribution in [3.05, 3.63) is 59.7 Å². The lowest BCUT2D eigenvalue weighted by Crippen LogP contribution is -2.45. The van der Waals surface area contributed by atoms with Crippen LogP contribution in [0.2, 0.25) is 0 Å². The van der Waals surface area contributed by atoms with Crippen molar-refractivity contribution in [1.82, 2.24) is 10.6 Å². The molecule has 2 aromatic carbocycles. The molecule has 0 aliphatic carbocycles. The van der Waals surface area contributed by atoms with Crippen LogP contribution in [0.25, 0.3) is 0 Å². The molecule has 1 heterocycles. The lowest BCUT2D eigenvalue weighted by molar-refractivity contribution is 0.0694. The van der Waals surface area contributed by atoms with Gasteiger partial charge >= 0.3 is 0 Å². The smallest absolute Gasteiger partial charge is 0.191 e. The Bertz CT molecular complexity index is 818. The van der Waals surface area contributed by atoms with Crippen molar-refractivity contribution in [1.29, 1.82) is 0 Å². The predicted octanol–water partition coefficient (Wildman–Crippen LogP) is 3.71. The minimum Gasteiger partial charge on any atom is -0.487 e. The Morgan fingerprint density at radius 3 is 2.66 bits per heavy atom. The van der Waals surface area contributed by atoms with Gasteiger partial charge in [-0.15, -0.1) is 0 Å². The standard InChI is InChI=1S/C23H32N4O2/c1-23(2)15-20(19-7-5-6-8-21(19)29-23)27-22(24-3)26-16-17-9-11-18(12-10-17)25-13-14-28-4/h5-12,20,25H,13-16H2,1-4H3,(H2,24,26,27). The van der Waals surface area contributed by atoms with Gasteiger partial charge in [0.05, 0.1) is 12.6 Å². The van der Waals surface area contributed by atoms with Gasteiger partial charge in [0, 0.05) is 44.9 Å². The SMILES string of the molecule is CN=C(NCc1ccc(NCCOC)cc1)NC1CC(C)(C)Oc2ccccc21. The molecule has 0 saturated carbocycles. The number of guanidine groups is 1. The van der Waals surface area contributed by atoms with Crippen LogP contribution in [0.5, 0.6) is 5.75 Å². The quantitative estimate of drug-likeness (QED) is 0.378. The van der Waals surface area contributed by atoms with Gasteiger partial charge in [-0.3, -0.25) is 4.99 Å². The second-order valence-electron chi connectivity index (χ2n) is 7.84. The molecule has 3 N–H and O–H groups in total. The largest absolute Gasteiger partial charge is 0.487 e. The Balaban J connectivity index is 1.58. The fourth-order valence-corrected chi connectivity index (χ4v) is 3.51. The van der Waals surface area contributed by atoms with E-state index in [-0.39, 0.29) is 11.6 Å². The summed E-state index contributed by atoms with van der Waals surface area (Å²) in [6, 6.07) is 16.7. The predicted molar refractivity (Wildman–Crippen MR) is 119 cm³/mol. The summed E-state index contributed by atoms with van der Waals surface area (Å²) in [6.45, 7) is 6.43. The highest BCUT2D eigenvalue weighted by Crippen LogP contribution is 2.39. The number of rotatable bonds is 7. The highest BCUT2D eigenvalue weighted by Gasteiger charge is 2.33. The fourth-order valence-electron chi connectivity index (χ4n) is 3.51. The second kappa shape index (κ2) is 9.65. The molecule has 0 amide bonds. The maximum atomic E-state index is 6.13. The Kier molecular flexibility index (Phi) is 6.99. The van der Waals surface area contributed by atoms with E-state index in [1.54, 1.807) is 14.2 Å². The highest BCUT2D eigenvalue weighted by atomic mass is 16.5. The maximum Gasteiger partial charge on any atom is 0.191 e. The van der Waals surface area contributed by atoms with Crippen molar-refractivity contribution in [3.8, 4) is 5.75 Å². The molecule has 0 bridgehead atoms. The molecule has 156 valence electrons. The average Bonchev–Trinajstić information content (AvgIpc) is 2.71. The van der Waals surface area contributed by atoms with Crippen molar-refractivity contribution >= 4 is 11.6 Å². The van der Waals surface area contributed by atoms with E-state index in [0.717, 1.165) is 30.4 Å². The summed E-state index contributed by atoms with van der Waals surface area (Å²) in [5.74, 6) is 1.72. The van der Waals surface area contributed by atoms with Crippen molar-refractivity contribution in [2.75, 3.05) is 32.6 Å². The Hall–Kier alpha value is -2.73. The Morgan fingerprint density at radius 1 is 1.17 bits per heavy atom. The number of nitrogens with zero attached hydrogens (tertiary/aromatic N) is 1. The number of nitrogens with one attached hydrogen (secondary N) is 3. The third kappa shape index (κ3) is 5.87. The molecule has 1 unspecified atom stereocenters. The van der Waals surface area contributed by atoms with E-state index < -0.39 is 0 Å². The van der Waals surface area contributed by atoms with Crippen molar-refractivity contribution < 1.29 is 9.47 Å². The molecule has 6 heteroatoms. The number of methoxy groups -OCH3 is 1. The van der Waals surface area contributed by atoms with Crippen molar-refractivity contribution in [3.63, 3.8) is 0 Å². The molecule has 6 nitrogen and oxygen atoms in total. The summed E-state index contributed by atoms with van der Waals surface area (Å²) in [5, 5.41) is 10.3. The molecular weight excluding hydrogens is 364 g/mol. The third-order valence-corrected chi connectivity index (χ3v) is 4.96. The number of anilines is 1. The Morgan fingerprint density at radius 2 is 1.93 bits per heavy atom. The number of hydrogen-bond acceptors (Lipinski definition) is 4. The first kappa shape index (κ1) is 21.0. The van der Waals surface area contributed by atoms with Gasteiger partial charge in [0.2, 0.25) is 0 Å². The molecule has 2 aromatic rings. The molecule has 29 heavy (non-hydrogen) atoms. The number of benzene rings is 2. The first-order valence-corrected chi connectivity index (χ1v) is 10.1. The van der Waals surface area contributed by atoms with E-state index in [9.17, 15) is 0 Å². The molecule has 0 spiro atoms. The van der Waals surface area contributed by atoms with Gasteiger partial charge in [-0.1, -0.05) is 30.3 Å². The lowest BCUT2D eigenvalue weighted by Gasteiger charge is -2.38. The van der Waals surface area contributed by atoms with Crippen LogP contribution in [0.3, 0.4) is 0 Å². The first-order valence-electron chi connectivity index (χ1n) is 10.1. The molecule has 1 aliphatic rings. The van der Waals surface area contributed by atoms with Crippen LogP contribution in [-0.4, -0.2) is 38.9 Å². The minimum absolute atomic E-state index is 0.147. The van der Waals surface area contributed by atoms with Gasteiger partial charge in [-0.05, 0) is 37.6 Å². The van der Waals surface area contributed by atoms with E-state index in [1.165, 1.54) is 11.1 Å². The van der Waals surface area contributed by atoms with Gasteiger partial charge in [-0.2, -0.15) is 0 Å². The monoisotopic (exact) mass is 396 g/mol. The van der Waals surface area contributed by atoms with Crippen LogP contribution in [-0.2, 0) is 11.3 Å². The molecule has 0 radical (unpaired) electrons. The first-order chi connectivity index (χ1) is 14.0. The summed E-state index contributed by atoms with van der Waals surface area (Å²) in [4.78, 5) is 4.41. The molecule has 0 aromatic heterocycles. The van der Waals surface area contributed by atoms with Crippen LogP contribution >= 0.6 is 0 Å². The van der Waals surface area contributed by atoms with Crippen LogP contribution < -0.4 is 20.7 Å². The summed E-state index contributed by atoms with van der Waals surface area (Å²) in [7, 11) is 3.51. The topological polar surface area (TPSA) is 66.9 Å². The zero-order valence-corrected chi connectivity index (χ0v) is 17.8. The average molecular weight is 397 g/mol. The zero-order chi connectivity index (χ0) is 20.7. The van der Waals surface area contributed by atoms with Crippen LogP contribution in [0.1, 0.15) is 37.4 Å². The van der Waals surface area contributed by atoms with Crippen molar-refractivity contribution in [2.45, 2.75) is 38.5 Å². The highest BCUT2D eigenvalue weighted by molar-refractivity contribution is 5.80. The zero-order valence-electron chi connectivity index (χ0n) is 17.8. The lowest BCUT2D eigenvalue weighted by atomic mass is 9.90. The maximum absolute atomic E-state index is 6.13. The Labute approximate surface area is 173 Å². The summed E-state index contributed by atoms with van der Waals surface area (Å²) >= 11 is 0. The van der Waals surface area contributed by atoms with E-state index >= 15 is 0 Å². The number of hydrogen-bond donors (Lipinski definition) is 3. The van der Waals surface area contributed by atoms with Gasteiger partial charge in [-0.25, -0.2) is 0 Å². The van der Waals surface area contributed by atoms with Crippen LogP contribution in [0, 0.1) is 0 Å². The van der Waals surface area contributed by atoms with Crippen LogP contribution in [0.4, 0.5) is 5.69 Å². The van der Waals surface area contributed by atoms with Gasteiger partial charge in [0.1, 0.15) is 11.4 Å². The van der Waals surface area contributed by atoms with Gasteiger partial charge in [0.25, 0.3) is 0 Å². The fraction of sp³-hybridized carbons (Fsp3) is 0.435. The van der Waals surface area contributed by atoms with Gasteiger partial charge in [0.15, 0.2) is 5.96 Å². The van der Waals surface area contributed by atoms with E-state index in [2.05, 4.69) is 65.1 Å². The second-order valence-corrected chi connectivity index (χ2v) is 7.84. The van der Waals surface area contributed by atoms with Crippen LogP contribution in [0.15, 0.2) is 53.5 Å². The third-order valence-electron chi connectivity index (χ3n) is 4.96. The van der Waals surface area contributed by atoms with Crippen molar-refractivity contribution in [2.24, 2.45) is 4.99 Å². The molecule has 1 aliphatic heterocycles. The van der Waals surface area contributed by atoms with E-state index in [4.69, 9.17) is 9.47 Å². The molecule has 0 saturated heterocycles. The summed E-state index contributed by atoms with van der Waals surface area (Å²) in [6.07, 6.45) is 0.868. The molecule has 3 rings (SSSR count).